The SMILES string of the molecule is CPCC[P+]1(C)CCC[C@H]1Cc1ccccc1. The number of benzene rings is 1. The second-order valence-electron chi connectivity index (χ2n) is 5.52. The van der Waals surface area contributed by atoms with Gasteiger partial charge in [-0.05, 0) is 31.2 Å². The third-order valence-corrected chi connectivity index (χ3v) is 10.2. The highest BCUT2D eigenvalue weighted by Crippen LogP contribution is 2.66. The van der Waals surface area contributed by atoms with Crippen LogP contribution in [0.3, 0.4) is 0 Å². The van der Waals surface area contributed by atoms with E-state index in [0.717, 1.165) is 14.2 Å². The highest BCUT2D eigenvalue weighted by molar-refractivity contribution is 7.76. The van der Waals surface area contributed by atoms with E-state index < -0.39 is 7.26 Å². The van der Waals surface area contributed by atoms with Crippen molar-refractivity contribution in [3.05, 3.63) is 35.9 Å². The molecule has 1 saturated heterocycles. The Morgan fingerprint density at radius 1 is 1.29 bits per heavy atom. The Labute approximate surface area is 109 Å². The van der Waals surface area contributed by atoms with Crippen molar-refractivity contribution in [3.63, 3.8) is 0 Å². The van der Waals surface area contributed by atoms with Gasteiger partial charge < -0.3 is 0 Å². The highest BCUT2D eigenvalue weighted by atomic mass is 31.2. The predicted molar refractivity (Wildman–Crippen MR) is 84.9 cm³/mol. The van der Waals surface area contributed by atoms with E-state index in [1.807, 2.05) is 0 Å². The molecule has 0 nitrogen and oxygen atoms in total. The molecule has 2 rings (SSSR count). The largest absolute Gasteiger partial charge is 0.122 e. The zero-order valence-electron chi connectivity index (χ0n) is 11.2. The molecule has 0 bridgehead atoms. The summed E-state index contributed by atoms with van der Waals surface area (Å²) in [6.07, 6.45) is 8.93. The Morgan fingerprint density at radius 3 is 2.76 bits per heavy atom. The Morgan fingerprint density at radius 2 is 2.06 bits per heavy atom. The van der Waals surface area contributed by atoms with E-state index in [4.69, 9.17) is 0 Å². The first kappa shape index (κ1) is 13.5. The smallest absolute Gasteiger partial charge is 0.0736 e. The van der Waals surface area contributed by atoms with Gasteiger partial charge in [0.05, 0.1) is 18.0 Å². The molecule has 2 unspecified atom stereocenters. The lowest BCUT2D eigenvalue weighted by molar-refractivity contribution is 0.771. The van der Waals surface area contributed by atoms with Gasteiger partial charge in [0.15, 0.2) is 0 Å². The third kappa shape index (κ3) is 3.52. The minimum atomic E-state index is -0.605. The summed E-state index contributed by atoms with van der Waals surface area (Å²) in [5.74, 6) is 0. The quantitative estimate of drug-likeness (QED) is 0.696. The van der Waals surface area contributed by atoms with Gasteiger partial charge in [-0.15, -0.1) is 8.58 Å². The van der Waals surface area contributed by atoms with Crippen LogP contribution < -0.4 is 0 Å². The van der Waals surface area contributed by atoms with Crippen molar-refractivity contribution in [3.8, 4) is 0 Å². The summed E-state index contributed by atoms with van der Waals surface area (Å²) in [5, 5.41) is 0. The molecule has 3 atom stereocenters. The number of hydrogen-bond donors (Lipinski definition) is 0. The van der Waals surface area contributed by atoms with Gasteiger partial charge in [0, 0.05) is 20.3 Å². The van der Waals surface area contributed by atoms with Gasteiger partial charge in [-0.1, -0.05) is 30.3 Å². The molecule has 0 radical (unpaired) electrons. The van der Waals surface area contributed by atoms with Gasteiger partial charge >= 0.3 is 0 Å². The lowest BCUT2D eigenvalue weighted by Crippen LogP contribution is -2.15. The van der Waals surface area contributed by atoms with Gasteiger partial charge in [0.2, 0.25) is 0 Å². The van der Waals surface area contributed by atoms with Gasteiger partial charge in [0.25, 0.3) is 0 Å². The average Bonchev–Trinajstić information content (AvgIpc) is 2.70. The van der Waals surface area contributed by atoms with Crippen LogP contribution in [-0.4, -0.2) is 37.5 Å². The topological polar surface area (TPSA) is 0 Å². The second-order valence-corrected chi connectivity index (χ2v) is 11.3. The first-order valence-electron chi connectivity index (χ1n) is 6.77. The summed E-state index contributed by atoms with van der Waals surface area (Å²) in [7, 11) is 0.545. The van der Waals surface area contributed by atoms with Crippen LogP contribution in [0.15, 0.2) is 30.3 Å². The maximum absolute atomic E-state index is 2.65. The fourth-order valence-corrected chi connectivity index (χ4v) is 9.31. The lowest BCUT2D eigenvalue weighted by atomic mass is 10.1. The normalized spacial score (nSPS) is 29.2. The molecule has 1 fully saturated rings. The van der Waals surface area contributed by atoms with E-state index in [1.165, 1.54) is 25.4 Å². The van der Waals surface area contributed by atoms with Gasteiger partial charge in [-0.3, -0.25) is 0 Å². The molecule has 0 saturated carbocycles. The molecule has 2 heteroatoms. The highest BCUT2D eigenvalue weighted by Gasteiger charge is 2.44. The molecule has 17 heavy (non-hydrogen) atoms. The second kappa shape index (κ2) is 6.31. The van der Waals surface area contributed by atoms with Gasteiger partial charge in [-0.2, -0.15) is 0 Å². The Kier molecular flexibility index (Phi) is 5.01. The van der Waals surface area contributed by atoms with E-state index in [-0.39, 0.29) is 0 Å². The molecule has 0 amide bonds. The fourth-order valence-electron chi connectivity index (χ4n) is 3.05. The summed E-state index contributed by atoms with van der Waals surface area (Å²) >= 11 is 0. The molecule has 0 spiro atoms. The summed E-state index contributed by atoms with van der Waals surface area (Å²) in [6, 6.07) is 11.1. The molecular weight excluding hydrogens is 242 g/mol. The minimum absolute atomic E-state index is 0.605. The standard InChI is InChI=1S/C15H25P2/c1-16-10-12-17(2)11-6-9-15(17)13-14-7-4-3-5-8-14/h3-5,7-8,15-16H,6,9-13H2,1-2H3/q+1/t15-,17?/m0/s1. The molecule has 1 heterocycles. The molecule has 1 aliphatic rings. The van der Waals surface area contributed by atoms with Gasteiger partial charge in [0.1, 0.15) is 0 Å². The average molecular weight is 267 g/mol. The minimum Gasteiger partial charge on any atom is -0.122 e. The molecule has 0 N–H and O–H groups in total. The molecule has 94 valence electrons. The fraction of sp³-hybridized carbons (Fsp3) is 0.600. The van der Waals surface area contributed by atoms with E-state index in [1.54, 1.807) is 17.9 Å². The molecule has 1 aliphatic heterocycles. The summed E-state index contributed by atoms with van der Waals surface area (Å²) in [5.41, 5.74) is 2.59. The molecule has 0 aromatic heterocycles. The molecule has 1 aromatic carbocycles. The van der Waals surface area contributed by atoms with E-state index in [2.05, 4.69) is 43.7 Å². The maximum atomic E-state index is 2.65. The third-order valence-electron chi connectivity index (χ3n) is 4.27. The van der Waals surface area contributed by atoms with Crippen LogP contribution in [0, 0.1) is 0 Å². The lowest BCUT2D eigenvalue weighted by Gasteiger charge is -2.25. The Hall–Kier alpha value is 0.0800. The van der Waals surface area contributed by atoms with Crippen molar-refractivity contribution < 1.29 is 0 Å². The zero-order chi connectivity index (χ0) is 12.1. The predicted octanol–water partition coefficient (Wildman–Crippen LogP) is 4.35. The van der Waals surface area contributed by atoms with Crippen molar-refractivity contribution in [2.75, 3.05) is 31.8 Å². The zero-order valence-corrected chi connectivity index (χ0v) is 13.0. The van der Waals surface area contributed by atoms with Crippen LogP contribution in [-0.2, 0) is 6.42 Å². The van der Waals surface area contributed by atoms with E-state index >= 15 is 0 Å². The summed E-state index contributed by atoms with van der Waals surface area (Å²) in [4.78, 5) is 0. The van der Waals surface area contributed by atoms with Crippen LogP contribution >= 0.6 is 15.8 Å². The number of rotatable bonds is 5. The van der Waals surface area contributed by atoms with Gasteiger partial charge in [-0.25, -0.2) is 0 Å². The Bertz CT molecular complexity index is 336. The molecule has 1 aromatic rings. The first-order valence-corrected chi connectivity index (χ1v) is 11.2. The van der Waals surface area contributed by atoms with Crippen molar-refractivity contribution in [2.24, 2.45) is 0 Å². The molecule has 0 aliphatic carbocycles. The monoisotopic (exact) mass is 267 g/mol. The van der Waals surface area contributed by atoms with Crippen LogP contribution in [0.5, 0.6) is 0 Å². The van der Waals surface area contributed by atoms with Crippen LogP contribution in [0.4, 0.5) is 0 Å². The molecular formula is C15H25P2+. The van der Waals surface area contributed by atoms with Crippen LogP contribution in [0.25, 0.3) is 0 Å². The van der Waals surface area contributed by atoms with Crippen LogP contribution in [0.1, 0.15) is 18.4 Å². The van der Waals surface area contributed by atoms with E-state index in [0.29, 0.717) is 0 Å². The van der Waals surface area contributed by atoms with E-state index in [9.17, 15) is 0 Å². The number of hydrogen-bond acceptors (Lipinski definition) is 0. The van der Waals surface area contributed by atoms with Crippen molar-refractivity contribution >= 4 is 15.8 Å². The maximum Gasteiger partial charge on any atom is 0.0736 e. The summed E-state index contributed by atoms with van der Waals surface area (Å²) < 4.78 is 0. The Balaban J connectivity index is 1.99. The van der Waals surface area contributed by atoms with Crippen molar-refractivity contribution in [2.45, 2.75) is 24.9 Å². The van der Waals surface area contributed by atoms with Crippen molar-refractivity contribution in [1.82, 2.24) is 0 Å². The summed E-state index contributed by atoms with van der Waals surface area (Å²) in [6.45, 7) is 5.00. The first-order chi connectivity index (χ1) is 8.24. The van der Waals surface area contributed by atoms with Crippen LogP contribution in [0.2, 0.25) is 0 Å². The van der Waals surface area contributed by atoms with Crippen molar-refractivity contribution in [1.29, 1.82) is 0 Å².